The number of imide groups is 1. The minimum absolute atomic E-state index is 0.0337. The third kappa shape index (κ3) is 4.45. The lowest BCUT2D eigenvalue weighted by atomic mass is 10.1. The van der Waals surface area contributed by atoms with Crippen molar-refractivity contribution < 1.29 is 18.8 Å². The fourth-order valence-electron chi connectivity index (χ4n) is 4.39. The van der Waals surface area contributed by atoms with Gasteiger partial charge in [-0.2, -0.15) is 0 Å². The Morgan fingerprint density at radius 3 is 2.43 bits per heavy atom. The second-order valence-electron chi connectivity index (χ2n) is 8.58. The molecule has 5 rings (SSSR count). The van der Waals surface area contributed by atoms with E-state index in [9.17, 15) is 14.4 Å². The molecule has 0 radical (unpaired) electrons. The Bertz CT molecular complexity index is 1350. The molecule has 176 valence electrons. The normalized spacial score (nSPS) is 15.7. The Hall–Kier alpha value is -4.26. The topological polar surface area (TPSA) is 83.7 Å². The fraction of sp³-hybridized carbons (Fsp3) is 0.214. The SMILES string of the molecule is CCCC(=O)N(Cc1ccccc1)C1CC(=O)N(c2ccc(-c3nc4ccccc4o3)cc2)C1=O. The molecule has 1 atom stereocenters. The maximum atomic E-state index is 13.4. The van der Waals surface area contributed by atoms with Crippen LogP contribution in [-0.2, 0) is 20.9 Å². The molecule has 3 aromatic carbocycles. The van der Waals surface area contributed by atoms with Gasteiger partial charge in [0.25, 0.3) is 5.91 Å². The largest absolute Gasteiger partial charge is 0.436 e. The maximum absolute atomic E-state index is 13.4. The van der Waals surface area contributed by atoms with Crippen molar-refractivity contribution in [1.82, 2.24) is 9.88 Å². The second kappa shape index (κ2) is 9.54. The van der Waals surface area contributed by atoms with Crippen LogP contribution >= 0.6 is 0 Å². The zero-order valence-corrected chi connectivity index (χ0v) is 19.4. The van der Waals surface area contributed by atoms with Gasteiger partial charge in [-0.15, -0.1) is 0 Å². The summed E-state index contributed by atoms with van der Waals surface area (Å²) in [5.41, 5.74) is 3.57. The van der Waals surface area contributed by atoms with Gasteiger partial charge in [-0.3, -0.25) is 14.4 Å². The van der Waals surface area contributed by atoms with E-state index < -0.39 is 6.04 Å². The third-order valence-electron chi connectivity index (χ3n) is 6.15. The molecule has 1 aliphatic heterocycles. The Labute approximate surface area is 203 Å². The Morgan fingerprint density at radius 1 is 1.00 bits per heavy atom. The summed E-state index contributed by atoms with van der Waals surface area (Å²) >= 11 is 0. The summed E-state index contributed by atoms with van der Waals surface area (Å²) in [5, 5.41) is 0. The van der Waals surface area contributed by atoms with Gasteiger partial charge in [-0.05, 0) is 48.4 Å². The average Bonchev–Trinajstić information content (AvgIpc) is 3.44. The van der Waals surface area contributed by atoms with E-state index in [0.29, 0.717) is 30.0 Å². The van der Waals surface area contributed by atoms with Crippen molar-refractivity contribution in [3.63, 3.8) is 0 Å². The molecule has 0 bridgehead atoms. The molecule has 3 amide bonds. The first-order valence-electron chi connectivity index (χ1n) is 11.7. The number of nitrogens with zero attached hydrogens (tertiary/aromatic N) is 3. The van der Waals surface area contributed by atoms with Crippen LogP contribution in [-0.4, -0.2) is 33.6 Å². The summed E-state index contributed by atoms with van der Waals surface area (Å²) in [6, 6.07) is 23.2. The number of fused-ring (bicyclic) bond motifs is 1. The van der Waals surface area contributed by atoms with E-state index in [1.54, 1.807) is 29.2 Å². The molecular formula is C28H25N3O4. The first-order chi connectivity index (χ1) is 17.0. The van der Waals surface area contributed by atoms with Crippen molar-refractivity contribution in [3.8, 4) is 11.5 Å². The van der Waals surface area contributed by atoms with Gasteiger partial charge in [0, 0.05) is 18.5 Å². The molecule has 1 fully saturated rings. The van der Waals surface area contributed by atoms with Gasteiger partial charge in [-0.25, -0.2) is 9.88 Å². The van der Waals surface area contributed by atoms with Gasteiger partial charge in [-0.1, -0.05) is 49.4 Å². The number of rotatable bonds is 7. The molecule has 0 aliphatic carbocycles. The molecule has 7 heteroatoms. The smallest absolute Gasteiger partial charge is 0.257 e. The molecule has 7 nitrogen and oxygen atoms in total. The van der Waals surface area contributed by atoms with Crippen LogP contribution in [0.5, 0.6) is 0 Å². The number of carbonyl (C=O) groups is 3. The lowest BCUT2D eigenvalue weighted by molar-refractivity contribution is -0.139. The molecule has 1 unspecified atom stereocenters. The van der Waals surface area contributed by atoms with Crippen molar-refractivity contribution >= 4 is 34.5 Å². The van der Waals surface area contributed by atoms with Crippen LogP contribution < -0.4 is 4.90 Å². The lowest BCUT2D eigenvalue weighted by Gasteiger charge is -2.28. The molecular weight excluding hydrogens is 442 g/mol. The first kappa shape index (κ1) is 22.5. The summed E-state index contributed by atoms with van der Waals surface area (Å²) in [6.07, 6.45) is 0.956. The van der Waals surface area contributed by atoms with Crippen LogP contribution in [0.2, 0.25) is 0 Å². The Balaban J connectivity index is 1.39. The lowest BCUT2D eigenvalue weighted by Crippen LogP contribution is -2.45. The molecule has 0 spiro atoms. The number of anilines is 1. The Morgan fingerprint density at radius 2 is 1.71 bits per heavy atom. The number of carbonyl (C=O) groups excluding carboxylic acids is 3. The molecule has 1 aliphatic rings. The summed E-state index contributed by atoms with van der Waals surface area (Å²) in [6.45, 7) is 2.21. The standard InChI is InChI=1S/C28H25N3O4/c1-2-8-25(32)30(18-19-9-4-3-5-10-19)23-17-26(33)31(28(23)34)21-15-13-20(14-16-21)27-29-22-11-6-7-12-24(22)35-27/h3-7,9-16,23H,2,8,17-18H2,1H3. The van der Waals surface area contributed by atoms with Gasteiger partial charge in [0.1, 0.15) is 11.6 Å². The van der Waals surface area contributed by atoms with Crippen LogP contribution in [0, 0.1) is 0 Å². The molecule has 1 aromatic heterocycles. The average molecular weight is 468 g/mol. The molecule has 2 heterocycles. The van der Waals surface area contributed by atoms with Crippen molar-refractivity contribution in [3.05, 3.63) is 84.4 Å². The zero-order chi connectivity index (χ0) is 24.4. The van der Waals surface area contributed by atoms with E-state index in [4.69, 9.17) is 4.42 Å². The molecule has 35 heavy (non-hydrogen) atoms. The number of hydrogen-bond donors (Lipinski definition) is 0. The van der Waals surface area contributed by atoms with E-state index in [2.05, 4.69) is 4.98 Å². The monoisotopic (exact) mass is 467 g/mol. The summed E-state index contributed by atoms with van der Waals surface area (Å²) in [5.74, 6) is -0.369. The van der Waals surface area contributed by atoms with E-state index >= 15 is 0 Å². The van der Waals surface area contributed by atoms with Crippen LogP contribution in [0.3, 0.4) is 0 Å². The van der Waals surface area contributed by atoms with Crippen LogP contribution in [0.25, 0.3) is 22.6 Å². The number of benzene rings is 3. The number of oxazole rings is 1. The summed E-state index contributed by atoms with van der Waals surface area (Å²) in [4.78, 5) is 46.5. The predicted molar refractivity (Wildman–Crippen MR) is 132 cm³/mol. The minimum atomic E-state index is -0.821. The summed E-state index contributed by atoms with van der Waals surface area (Å²) in [7, 11) is 0. The van der Waals surface area contributed by atoms with Crippen molar-refractivity contribution in [1.29, 1.82) is 0 Å². The fourth-order valence-corrected chi connectivity index (χ4v) is 4.39. The van der Waals surface area contributed by atoms with Gasteiger partial charge in [0.05, 0.1) is 12.1 Å². The predicted octanol–water partition coefficient (Wildman–Crippen LogP) is 4.96. The molecule has 1 saturated heterocycles. The molecule has 4 aromatic rings. The Kier molecular flexibility index (Phi) is 6.14. The van der Waals surface area contributed by atoms with E-state index in [1.807, 2.05) is 61.5 Å². The maximum Gasteiger partial charge on any atom is 0.257 e. The number of aromatic nitrogens is 1. The van der Waals surface area contributed by atoms with E-state index in [-0.39, 0.29) is 30.7 Å². The van der Waals surface area contributed by atoms with Crippen molar-refractivity contribution in [2.24, 2.45) is 0 Å². The zero-order valence-electron chi connectivity index (χ0n) is 19.4. The minimum Gasteiger partial charge on any atom is -0.436 e. The van der Waals surface area contributed by atoms with E-state index in [1.165, 1.54) is 4.90 Å². The van der Waals surface area contributed by atoms with Crippen molar-refractivity contribution in [2.75, 3.05) is 4.90 Å². The summed E-state index contributed by atoms with van der Waals surface area (Å²) < 4.78 is 5.81. The van der Waals surface area contributed by atoms with Gasteiger partial charge < -0.3 is 9.32 Å². The highest BCUT2D eigenvalue weighted by molar-refractivity contribution is 6.23. The van der Waals surface area contributed by atoms with Gasteiger partial charge in [0.15, 0.2) is 5.58 Å². The van der Waals surface area contributed by atoms with Crippen LogP contribution in [0.4, 0.5) is 5.69 Å². The van der Waals surface area contributed by atoms with Gasteiger partial charge >= 0.3 is 0 Å². The van der Waals surface area contributed by atoms with E-state index in [0.717, 1.165) is 16.6 Å². The van der Waals surface area contributed by atoms with Crippen molar-refractivity contribution in [2.45, 2.75) is 38.8 Å². The van der Waals surface area contributed by atoms with Crippen LogP contribution in [0.1, 0.15) is 31.7 Å². The second-order valence-corrected chi connectivity index (χ2v) is 8.58. The highest BCUT2D eigenvalue weighted by Gasteiger charge is 2.44. The number of para-hydroxylation sites is 2. The molecule has 0 N–H and O–H groups in total. The number of hydrogen-bond acceptors (Lipinski definition) is 5. The third-order valence-corrected chi connectivity index (χ3v) is 6.15. The highest BCUT2D eigenvalue weighted by Crippen LogP contribution is 2.30. The molecule has 0 saturated carbocycles. The van der Waals surface area contributed by atoms with Crippen LogP contribution in [0.15, 0.2) is 83.3 Å². The first-order valence-corrected chi connectivity index (χ1v) is 11.7. The highest BCUT2D eigenvalue weighted by atomic mass is 16.3. The quantitative estimate of drug-likeness (QED) is 0.359. The number of amides is 3. The van der Waals surface area contributed by atoms with Gasteiger partial charge in [0.2, 0.25) is 17.7 Å².